The summed E-state index contributed by atoms with van der Waals surface area (Å²) in [5.74, 6) is -0.103. The number of thioether (sulfide) groups is 1. The molecule has 0 aromatic rings. The van der Waals surface area contributed by atoms with Crippen LogP contribution in [0.4, 0.5) is 0 Å². The van der Waals surface area contributed by atoms with E-state index >= 15 is 0 Å². The van der Waals surface area contributed by atoms with Crippen LogP contribution in [0.15, 0.2) is 0 Å². The van der Waals surface area contributed by atoms with Crippen molar-refractivity contribution in [3.05, 3.63) is 0 Å². The summed E-state index contributed by atoms with van der Waals surface area (Å²) in [6, 6.07) is -0.0672. The lowest BCUT2D eigenvalue weighted by Gasteiger charge is -2.08. The third-order valence-electron chi connectivity index (χ3n) is 1.99. The van der Waals surface area contributed by atoms with E-state index in [4.69, 9.17) is 4.74 Å². The zero-order chi connectivity index (χ0) is 8.97. The zero-order valence-corrected chi connectivity index (χ0v) is 8.32. The molecule has 3 nitrogen and oxygen atoms in total. The maximum Gasteiger partial charge on any atom is 0.323 e. The first kappa shape index (κ1) is 9.86. The molecule has 0 saturated carbocycles. The minimum absolute atomic E-state index is 0.0672. The van der Waals surface area contributed by atoms with Crippen LogP contribution < -0.4 is 5.32 Å². The fourth-order valence-electron chi connectivity index (χ4n) is 1.31. The first-order valence-corrected chi connectivity index (χ1v) is 5.49. The van der Waals surface area contributed by atoms with Gasteiger partial charge in [-0.1, -0.05) is 0 Å². The summed E-state index contributed by atoms with van der Waals surface area (Å²) in [6.07, 6.45) is 2.97. The molecule has 1 rings (SSSR count). The Bertz CT molecular complexity index is 163. The van der Waals surface area contributed by atoms with Gasteiger partial charge in [0.25, 0.3) is 0 Å². The van der Waals surface area contributed by atoms with E-state index in [0.717, 1.165) is 13.0 Å². The van der Waals surface area contributed by atoms with Gasteiger partial charge in [-0.25, -0.2) is 0 Å². The van der Waals surface area contributed by atoms with Crippen LogP contribution in [0.1, 0.15) is 13.3 Å². The monoisotopic (exact) mass is 189 g/mol. The maximum atomic E-state index is 11.2. The van der Waals surface area contributed by atoms with Crippen LogP contribution in [0.2, 0.25) is 0 Å². The predicted octanol–water partition coefficient (Wildman–Crippen LogP) is 0.643. The summed E-state index contributed by atoms with van der Waals surface area (Å²) in [5.41, 5.74) is 0. The molecule has 0 unspecified atom stereocenters. The molecule has 0 bridgehead atoms. The fourth-order valence-corrected chi connectivity index (χ4v) is 1.95. The van der Waals surface area contributed by atoms with Gasteiger partial charge >= 0.3 is 5.97 Å². The molecule has 4 heteroatoms. The van der Waals surface area contributed by atoms with Gasteiger partial charge in [-0.2, -0.15) is 11.8 Å². The highest BCUT2D eigenvalue weighted by Crippen LogP contribution is 2.18. The van der Waals surface area contributed by atoms with Gasteiger partial charge in [0, 0.05) is 11.8 Å². The molecule has 12 heavy (non-hydrogen) atoms. The molecule has 0 aromatic carbocycles. The molecule has 0 aliphatic carbocycles. The van der Waals surface area contributed by atoms with Crippen molar-refractivity contribution < 1.29 is 9.53 Å². The molecule has 0 amide bonds. The lowest BCUT2D eigenvalue weighted by molar-refractivity contribution is -0.145. The van der Waals surface area contributed by atoms with Crippen molar-refractivity contribution in [3.63, 3.8) is 0 Å². The van der Waals surface area contributed by atoms with E-state index in [1.54, 1.807) is 11.8 Å². The molecular weight excluding hydrogens is 174 g/mol. The van der Waals surface area contributed by atoms with Crippen molar-refractivity contribution in [2.45, 2.75) is 24.6 Å². The van der Waals surface area contributed by atoms with Crippen molar-refractivity contribution in [1.82, 2.24) is 5.32 Å². The lowest BCUT2D eigenvalue weighted by Crippen LogP contribution is -2.32. The number of nitrogens with one attached hydrogen (secondary N) is 1. The molecule has 0 spiro atoms. The summed E-state index contributed by atoms with van der Waals surface area (Å²) >= 11 is 1.80. The second-order valence-electron chi connectivity index (χ2n) is 2.81. The zero-order valence-electron chi connectivity index (χ0n) is 7.50. The van der Waals surface area contributed by atoms with Crippen molar-refractivity contribution in [2.24, 2.45) is 0 Å². The summed E-state index contributed by atoms with van der Waals surface area (Å²) in [6.45, 7) is 3.23. The van der Waals surface area contributed by atoms with E-state index in [2.05, 4.69) is 11.6 Å². The second kappa shape index (κ2) is 4.72. The Balaban J connectivity index is 2.31. The summed E-state index contributed by atoms with van der Waals surface area (Å²) < 4.78 is 4.91. The van der Waals surface area contributed by atoms with Crippen molar-refractivity contribution in [2.75, 3.05) is 19.4 Å². The standard InChI is InChI=1S/C8H15NO2S/c1-3-11-8(10)7-4-6(12-2)5-9-7/h6-7,9H,3-5H2,1-2H3/t6-,7+/m1/s1. The number of hydrogen-bond donors (Lipinski definition) is 1. The number of esters is 1. The first-order valence-electron chi connectivity index (χ1n) is 4.20. The van der Waals surface area contributed by atoms with E-state index in [-0.39, 0.29) is 12.0 Å². The largest absolute Gasteiger partial charge is 0.465 e. The number of carbonyl (C=O) groups excluding carboxylic acids is 1. The molecule has 1 aliphatic heterocycles. The summed E-state index contributed by atoms with van der Waals surface area (Å²) in [5, 5.41) is 3.72. The summed E-state index contributed by atoms with van der Waals surface area (Å²) in [4.78, 5) is 11.2. The average molecular weight is 189 g/mol. The maximum absolute atomic E-state index is 11.2. The number of hydrogen-bond acceptors (Lipinski definition) is 4. The number of rotatable bonds is 3. The van der Waals surface area contributed by atoms with Gasteiger partial charge in [0.2, 0.25) is 0 Å². The molecule has 0 radical (unpaired) electrons. The number of carbonyl (C=O) groups is 1. The normalized spacial score (nSPS) is 28.8. The lowest BCUT2D eigenvalue weighted by atomic mass is 10.2. The van der Waals surface area contributed by atoms with E-state index in [1.165, 1.54) is 0 Å². The van der Waals surface area contributed by atoms with Gasteiger partial charge in [0.05, 0.1) is 6.61 Å². The van der Waals surface area contributed by atoms with E-state index < -0.39 is 0 Å². The van der Waals surface area contributed by atoms with Gasteiger partial charge in [-0.15, -0.1) is 0 Å². The Kier molecular flexibility index (Phi) is 3.88. The van der Waals surface area contributed by atoms with Crippen LogP contribution in [0.5, 0.6) is 0 Å². The van der Waals surface area contributed by atoms with E-state index in [9.17, 15) is 4.79 Å². The Morgan fingerprint density at radius 1 is 1.75 bits per heavy atom. The molecule has 2 atom stereocenters. The van der Waals surface area contributed by atoms with Crippen LogP contribution in [0.3, 0.4) is 0 Å². The van der Waals surface area contributed by atoms with Gasteiger partial charge in [0.1, 0.15) is 6.04 Å². The van der Waals surface area contributed by atoms with Crippen molar-refractivity contribution in [3.8, 4) is 0 Å². The molecule has 1 saturated heterocycles. The third-order valence-corrected chi connectivity index (χ3v) is 3.02. The van der Waals surface area contributed by atoms with Gasteiger partial charge in [-0.3, -0.25) is 4.79 Å². The topological polar surface area (TPSA) is 38.3 Å². The quantitative estimate of drug-likeness (QED) is 0.661. The van der Waals surface area contributed by atoms with Gasteiger partial charge in [0.15, 0.2) is 0 Å². The Morgan fingerprint density at radius 3 is 3.00 bits per heavy atom. The van der Waals surface area contributed by atoms with Gasteiger partial charge in [-0.05, 0) is 19.6 Å². The van der Waals surface area contributed by atoms with Crippen molar-refractivity contribution in [1.29, 1.82) is 0 Å². The fraction of sp³-hybridized carbons (Fsp3) is 0.875. The van der Waals surface area contributed by atoms with Crippen LogP contribution in [0.25, 0.3) is 0 Å². The van der Waals surface area contributed by atoms with Crippen molar-refractivity contribution >= 4 is 17.7 Å². The molecule has 1 aliphatic rings. The number of ether oxygens (including phenoxy) is 1. The Labute approximate surface area is 77.2 Å². The molecular formula is C8H15NO2S. The molecule has 1 N–H and O–H groups in total. The smallest absolute Gasteiger partial charge is 0.323 e. The highest BCUT2D eigenvalue weighted by molar-refractivity contribution is 7.99. The van der Waals surface area contributed by atoms with E-state index in [1.807, 2.05) is 6.92 Å². The molecule has 0 aromatic heterocycles. The molecule has 1 heterocycles. The molecule has 1 fully saturated rings. The first-order chi connectivity index (χ1) is 5.77. The van der Waals surface area contributed by atoms with Crippen LogP contribution in [-0.2, 0) is 9.53 Å². The third kappa shape index (κ3) is 2.38. The minimum atomic E-state index is -0.103. The van der Waals surface area contributed by atoms with Crippen LogP contribution in [-0.4, -0.2) is 36.7 Å². The second-order valence-corrected chi connectivity index (χ2v) is 3.94. The van der Waals surface area contributed by atoms with Crippen LogP contribution in [0, 0.1) is 0 Å². The Morgan fingerprint density at radius 2 is 2.50 bits per heavy atom. The highest BCUT2D eigenvalue weighted by atomic mass is 32.2. The minimum Gasteiger partial charge on any atom is -0.465 e. The van der Waals surface area contributed by atoms with Crippen LogP contribution >= 0.6 is 11.8 Å². The Hall–Kier alpha value is -0.220. The average Bonchev–Trinajstić information content (AvgIpc) is 2.52. The van der Waals surface area contributed by atoms with Gasteiger partial charge < -0.3 is 10.1 Å². The predicted molar refractivity (Wildman–Crippen MR) is 50.3 cm³/mol. The highest BCUT2D eigenvalue weighted by Gasteiger charge is 2.29. The molecule has 70 valence electrons. The summed E-state index contributed by atoms with van der Waals surface area (Å²) in [7, 11) is 0. The SMILES string of the molecule is CCOC(=O)[C@@H]1C[C@@H](SC)CN1. The van der Waals surface area contributed by atoms with E-state index in [0.29, 0.717) is 11.9 Å².